The molecule has 0 aromatic heterocycles. The van der Waals surface area contributed by atoms with Crippen LogP contribution in [0.1, 0.15) is 0 Å². The van der Waals surface area contributed by atoms with Gasteiger partial charge in [-0.1, -0.05) is 18.2 Å². The number of nitrogens with zero attached hydrogens (tertiary/aromatic N) is 2. The highest BCUT2D eigenvalue weighted by molar-refractivity contribution is 5.78. The molecular formula is C20H24FN3O2. The second-order valence-corrected chi connectivity index (χ2v) is 6.25. The van der Waals surface area contributed by atoms with Gasteiger partial charge in [0.05, 0.1) is 13.1 Å². The van der Waals surface area contributed by atoms with Crippen LogP contribution >= 0.6 is 0 Å². The number of amides is 1. The third kappa shape index (κ3) is 5.46. The molecule has 2 aromatic rings. The first-order valence-corrected chi connectivity index (χ1v) is 8.88. The average Bonchev–Trinajstić information content (AvgIpc) is 2.67. The molecule has 138 valence electrons. The van der Waals surface area contributed by atoms with Gasteiger partial charge >= 0.3 is 0 Å². The number of anilines is 1. The summed E-state index contributed by atoms with van der Waals surface area (Å²) in [6, 6.07) is 16.1. The van der Waals surface area contributed by atoms with Gasteiger partial charge in [0.2, 0.25) is 5.91 Å². The molecule has 1 fully saturated rings. The van der Waals surface area contributed by atoms with Crippen molar-refractivity contribution in [3.63, 3.8) is 0 Å². The molecule has 0 unspecified atom stereocenters. The summed E-state index contributed by atoms with van der Waals surface area (Å²) in [5.41, 5.74) is 1.02. The number of carbonyl (C=O) groups excluding carboxylic acids is 1. The molecule has 1 heterocycles. The number of halogens is 1. The Bertz CT molecular complexity index is 686. The maximum Gasteiger partial charge on any atom is 0.234 e. The van der Waals surface area contributed by atoms with Gasteiger partial charge in [0.25, 0.3) is 0 Å². The van der Waals surface area contributed by atoms with Crippen LogP contribution in [0.3, 0.4) is 0 Å². The molecule has 2 aromatic carbocycles. The Kier molecular flexibility index (Phi) is 6.44. The van der Waals surface area contributed by atoms with Crippen molar-refractivity contribution in [3.05, 3.63) is 60.4 Å². The summed E-state index contributed by atoms with van der Waals surface area (Å²) in [5.74, 6) is 0.593. The van der Waals surface area contributed by atoms with E-state index in [0.717, 1.165) is 37.6 Å². The van der Waals surface area contributed by atoms with Crippen LogP contribution in [-0.4, -0.2) is 56.7 Å². The van der Waals surface area contributed by atoms with Crippen molar-refractivity contribution in [2.24, 2.45) is 0 Å². The van der Waals surface area contributed by atoms with Crippen molar-refractivity contribution in [1.82, 2.24) is 10.2 Å². The SMILES string of the molecule is O=C(CN1CCN(c2ccc(F)cc2)CC1)NCCOc1ccccc1. The lowest BCUT2D eigenvalue weighted by Crippen LogP contribution is -2.49. The molecule has 0 saturated carbocycles. The number of para-hydroxylation sites is 1. The minimum absolute atomic E-state index is 0.0110. The molecule has 0 aliphatic carbocycles. The van der Waals surface area contributed by atoms with Crippen LogP contribution in [0.15, 0.2) is 54.6 Å². The van der Waals surface area contributed by atoms with E-state index in [1.807, 2.05) is 30.3 Å². The van der Waals surface area contributed by atoms with Crippen LogP contribution in [0.25, 0.3) is 0 Å². The molecule has 5 nitrogen and oxygen atoms in total. The smallest absolute Gasteiger partial charge is 0.234 e. The van der Waals surface area contributed by atoms with Crippen LogP contribution in [0.4, 0.5) is 10.1 Å². The summed E-state index contributed by atoms with van der Waals surface area (Å²) in [5, 5.41) is 2.89. The van der Waals surface area contributed by atoms with Crippen molar-refractivity contribution < 1.29 is 13.9 Å². The van der Waals surface area contributed by atoms with Crippen molar-refractivity contribution in [2.75, 3.05) is 50.8 Å². The Labute approximate surface area is 153 Å². The lowest BCUT2D eigenvalue weighted by Gasteiger charge is -2.35. The molecule has 1 saturated heterocycles. The molecule has 0 atom stereocenters. The molecule has 1 aliphatic heterocycles. The van der Waals surface area contributed by atoms with Gasteiger partial charge in [0.1, 0.15) is 18.2 Å². The zero-order valence-electron chi connectivity index (χ0n) is 14.7. The number of rotatable bonds is 7. The first-order valence-electron chi connectivity index (χ1n) is 8.88. The van der Waals surface area contributed by atoms with Crippen molar-refractivity contribution in [2.45, 2.75) is 0 Å². The van der Waals surface area contributed by atoms with Gasteiger partial charge in [-0.3, -0.25) is 9.69 Å². The lowest BCUT2D eigenvalue weighted by atomic mass is 10.2. The van der Waals surface area contributed by atoms with Crippen LogP contribution in [-0.2, 0) is 4.79 Å². The van der Waals surface area contributed by atoms with E-state index >= 15 is 0 Å². The molecule has 0 spiro atoms. The minimum Gasteiger partial charge on any atom is -0.492 e. The van der Waals surface area contributed by atoms with Gasteiger partial charge in [-0.25, -0.2) is 4.39 Å². The van der Waals surface area contributed by atoms with E-state index in [1.165, 1.54) is 12.1 Å². The first-order chi connectivity index (χ1) is 12.7. The quantitative estimate of drug-likeness (QED) is 0.771. The van der Waals surface area contributed by atoms with Crippen molar-refractivity contribution >= 4 is 11.6 Å². The summed E-state index contributed by atoms with van der Waals surface area (Å²) < 4.78 is 18.6. The zero-order chi connectivity index (χ0) is 18.2. The maximum atomic E-state index is 13.0. The normalized spacial score (nSPS) is 14.9. The van der Waals surface area contributed by atoms with Gasteiger partial charge in [-0.15, -0.1) is 0 Å². The van der Waals surface area contributed by atoms with Crippen LogP contribution in [0.2, 0.25) is 0 Å². The molecule has 6 heteroatoms. The second kappa shape index (κ2) is 9.20. The number of hydrogen-bond acceptors (Lipinski definition) is 4. The molecule has 1 N–H and O–H groups in total. The van der Waals surface area contributed by atoms with Gasteiger partial charge < -0.3 is 15.0 Å². The molecule has 1 aliphatic rings. The first kappa shape index (κ1) is 18.2. The largest absolute Gasteiger partial charge is 0.492 e. The van der Waals surface area contributed by atoms with E-state index in [4.69, 9.17) is 4.74 Å². The van der Waals surface area contributed by atoms with E-state index in [9.17, 15) is 9.18 Å². The lowest BCUT2D eigenvalue weighted by molar-refractivity contribution is -0.122. The number of benzene rings is 2. The van der Waals surface area contributed by atoms with Gasteiger partial charge in [-0.05, 0) is 36.4 Å². The van der Waals surface area contributed by atoms with Crippen LogP contribution in [0.5, 0.6) is 5.75 Å². The molecule has 0 radical (unpaired) electrons. The summed E-state index contributed by atoms with van der Waals surface area (Å²) in [6.45, 7) is 4.61. The van der Waals surface area contributed by atoms with E-state index in [0.29, 0.717) is 19.7 Å². The van der Waals surface area contributed by atoms with Gasteiger partial charge in [-0.2, -0.15) is 0 Å². The van der Waals surface area contributed by atoms with Crippen LogP contribution in [0, 0.1) is 5.82 Å². The van der Waals surface area contributed by atoms with Crippen molar-refractivity contribution in [1.29, 1.82) is 0 Å². The molecule has 1 amide bonds. The third-order valence-electron chi connectivity index (χ3n) is 4.37. The molecule has 3 rings (SSSR count). The van der Waals surface area contributed by atoms with E-state index in [1.54, 1.807) is 12.1 Å². The number of nitrogens with one attached hydrogen (secondary N) is 1. The Morgan fingerprint density at radius 2 is 1.69 bits per heavy atom. The standard InChI is InChI=1S/C20H24FN3O2/c21-17-6-8-18(9-7-17)24-13-11-23(12-14-24)16-20(25)22-10-15-26-19-4-2-1-3-5-19/h1-9H,10-16H2,(H,22,25). The monoisotopic (exact) mass is 357 g/mol. The minimum atomic E-state index is -0.222. The fraction of sp³-hybridized carbons (Fsp3) is 0.350. The summed E-state index contributed by atoms with van der Waals surface area (Å²) in [4.78, 5) is 16.4. The summed E-state index contributed by atoms with van der Waals surface area (Å²) >= 11 is 0. The second-order valence-electron chi connectivity index (χ2n) is 6.25. The molecule has 26 heavy (non-hydrogen) atoms. The Hall–Kier alpha value is -2.60. The van der Waals surface area contributed by atoms with E-state index in [2.05, 4.69) is 15.1 Å². The highest BCUT2D eigenvalue weighted by atomic mass is 19.1. The Morgan fingerprint density at radius 3 is 2.38 bits per heavy atom. The van der Waals surface area contributed by atoms with E-state index in [-0.39, 0.29) is 11.7 Å². The number of carbonyl (C=O) groups is 1. The average molecular weight is 357 g/mol. The van der Waals surface area contributed by atoms with E-state index < -0.39 is 0 Å². The number of hydrogen-bond donors (Lipinski definition) is 1. The van der Waals surface area contributed by atoms with Gasteiger partial charge in [0, 0.05) is 31.9 Å². The molecule has 0 bridgehead atoms. The number of piperazine rings is 1. The number of ether oxygens (including phenoxy) is 1. The predicted octanol–water partition coefficient (Wildman–Crippen LogP) is 2.14. The van der Waals surface area contributed by atoms with Gasteiger partial charge in [0.15, 0.2) is 0 Å². The fourth-order valence-corrected chi connectivity index (χ4v) is 2.95. The Balaban J connectivity index is 1.32. The summed E-state index contributed by atoms with van der Waals surface area (Å²) in [6.07, 6.45) is 0. The fourth-order valence-electron chi connectivity index (χ4n) is 2.95. The topological polar surface area (TPSA) is 44.8 Å². The maximum absolute atomic E-state index is 13.0. The Morgan fingerprint density at radius 1 is 1.00 bits per heavy atom. The highest BCUT2D eigenvalue weighted by Crippen LogP contribution is 2.16. The van der Waals surface area contributed by atoms with Crippen LogP contribution < -0.4 is 15.0 Å². The summed E-state index contributed by atoms with van der Waals surface area (Å²) in [7, 11) is 0. The zero-order valence-corrected chi connectivity index (χ0v) is 14.7. The molecular weight excluding hydrogens is 333 g/mol. The highest BCUT2D eigenvalue weighted by Gasteiger charge is 2.19. The van der Waals surface area contributed by atoms with Crippen molar-refractivity contribution in [3.8, 4) is 5.75 Å². The third-order valence-corrected chi connectivity index (χ3v) is 4.37. The predicted molar refractivity (Wildman–Crippen MR) is 100.0 cm³/mol.